The molecule has 6 heteroatoms. The molecule has 12 rings (SSSR count). The zero-order valence-electron chi connectivity index (χ0n) is 30.5. The highest BCUT2D eigenvalue weighted by Crippen LogP contribution is 2.42. The predicted molar refractivity (Wildman–Crippen MR) is 232 cm³/mol. The summed E-state index contributed by atoms with van der Waals surface area (Å²) in [7, 11) is 0. The van der Waals surface area contributed by atoms with Gasteiger partial charge in [-0.25, -0.2) is 15.0 Å². The minimum Gasteiger partial charge on any atom is -0.456 e. The monoisotopic (exact) mass is 729 g/mol. The molecule has 0 unspecified atom stereocenters. The largest absolute Gasteiger partial charge is 0.456 e. The van der Waals surface area contributed by atoms with Gasteiger partial charge in [-0.3, -0.25) is 0 Å². The fraction of sp³-hybridized carbons (Fsp3) is 0. The second-order valence-electron chi connectivity index (χ2n) is 14.5. The van der Waals surface area contributed by atoms with Gasteiger partial charge in [0.15, 0.2) is 17.5 Å². The molecule has 0 aliphatic rings. The van der Waals surface area contributed by atoms with Crippen molar-refractivity contribution >= 4 is 65.6 Å². The number of nitrogens with zero attached hydrogens (tertiary/aromatic N) is 5. The Morgan fingerprint density at radius 3 is 1.49 bits per heavy atom. The van der Waals surface area contributed by atoms with Gasteiger partial charge in [0.25, 0.3) is 0 Å². The summed E-state index contributed by atoms with van der Waals surface area (Å²) in [5, 5.41) is 6.99. The van der Waals surface area contributed by atoms with Crippen LogP contribution in [0, 0.1) is 0 Å². The Kier molecular flexibility index (Phi) is 6.83. The molecule has 4 heterocycles. The Morgan fingerprint density at radius 2 is 0.789 bits per heavy atom. The fourth-order valence-corrected chi connectivity index (χ4v) is 8.55. The molecule has 0 spiro atoms. The first-order valence-electron chi connectivity index (χ1n) is 19.1. The molecule has 57 heavy (non-hydrogen) atoms. The number of aromatic nitrogens is 5. The van der Waals surface area contributed by atoms with Crippen molar-refractivity contribution in [3.05, 3.63) is 188 Å². The molecule has 0 aliphatic carbocycles. The van der Waals surface area contributed by atoms with Crippen LogP contribution in [-0.4, -0.2) is 24.1 Å². The van der Waals surface area contributed by atoms with Gasteiger partial charge < -0.3 is 13.6 Å². The predicted octanol–water partition coefficient (Wildman–Crippen LogP) is 13.0. The molecule has 4 aromatic heterocycles. The third-order valence-corrected chi connectivity index (χ3v) is 11.1. The molecule has 0 atom stereocenters. The van der Waals surface area contributed by atoms with E-state index in [1.54, 1.807) is 0 Å². The third-order valence-electron chi connectivity index (χ3n) is 11.1. The number of furan rings is 1. The molecule has 0 bridgehead atoms. The number of para-hydroxylation sites is 3. The highest BCUT2D eigenvalue weighted by atomic mass is 16.3. The van der Waals surface area contributed by atoms with E-state index in [0.29, 0.717) is 17.5 Å². The van der Waals surface area contributed by atoms with Crippen molar-refractivity contribution in [2.45, 2.75) is 0 Å². The molecule has 0 N–H and O–H groups in total. The zero-order chi connectivity index (χ0) is 37.5. The van der Waals surface area contributed by atoms with E-state index in [1.165, 1.54) is 21.5 Å². The van der Waals surface area contributed by atoms with Crippen LogP contribution in [0.25, 0.3) is 111 Å². The van der Waals surface area contributed by atoms with Crippen LogP contribution >= 0.6 is 0 Å². The van der Waals surface area contributed by atoms with Crippen LogP contribution in [-0.2, 0) is 0 Å². The van der Waals surface area contributed by atoms with Crippen molar-refractivity contribution in [3.63, 3.8) is 0 Å². The summed E-state index contributed by atoms with van der Waals surface area (Å²) in [6.07, 6.45) is 0. The summed E-state index contributed by atoms with van der Waals surface area (Å²) >= 11 is 0. The van der Waals surface area contributed by atoms with Crippen molar-refractivity contribution in [1.82, 2.24) is 24.1 Å². The molecule has 266 valence electrons. The summed E-state index contributed by atoms with van der Waals surface area (Å²) in [5.74, 6) is 1.89. The van der Waals surface area contributed by atoms with Crippen molar-refractivity contribution in [3.8, 4) is 45.5 Å². The topological polar surface area (TPSA) is 61.7 Å². The van der Waals surface area contributed by atoms with E-state index in [0.717, 1.165) is 72.1 Å². The highest BCUT2D eigenvalue weighted by molar-refractivity contribution is 6.22. The lowest BCUT2D eigenvalue weighted by Gasteiger charge is -2.12. The van der Waals surface area contributed by atoms with Gasteiger partial charge in [-0.2, -0.15) is 0 Å². The normalized spacial score (nSPS) is 11.9. The lowest BCUT2D eigenvalue weighted by atomic mass is 10.1. The van der Waals surface area contributed by atoms with Crippen molar-refractivity contribution in [1.29, 1.82) is 0 Å². The van der Waals surface area contributed by atoms with E-state index in [1.807, 2.05) is 72.8 Å². The second-order valence-corrected chi connectivity index (χ2v) is 14.5. The molecular weight excluding hydrogens is 699 g/mol. The number of hydrogen-bond acceptors (Lipinski definition) is 4. The van der Waals surface area contributed by atoms with E-state index >= 15 is 0 Å². The van der Waals surface area contributed by atoms with Gasteiger partial charge in [0, 0.05) is 66.4 Å². The maximum absolute atomic E-state index is 6.43. The van der Waals surface area contributed by atoms with Crippen LogP contribution < -0.4 is 0 Å². The van der Waals surface area contributed by atoms with Crippen molar-refractivity contribution < 1.29 is 4.42 Å². The average molecular weight is 730 g/mol. The Hall–Kier alpha value is -7.83. The number of rotatable bonds is 5. The lowest BCUT2D eigenvalue weighted by Crippen LogP contribution is -2.01. The van der Waals surface area contributed by atoms with Crippen LogP contribution in [0.15, 0.2) is 192 Å². The van der Waals surface area contributed by atoms with Gasteiger partial charge in [-0.05, 0) is 54.6 Å². The molecule has 0 fully saturated rings. The maximum Gasteiger partial charge on any atom is 0.164 e. The van der Waals surface area contributed by atoms with Gasteiger partial charge in [-0.1, -0.05) is 127 Å². The highest BCUT2D eigenvalue weighted by Gasteiger charge is 2.21. The SMILES string of the molecule is c1ccc(-c2nc(-c3ccccc3)nc(-c3cccc(-n4c5ccccc5c5cc6c7cc8c(cc7n(-c7ccccc7)c6cc54)oc4ccccc48)c3)n2)cc1. The molecule has 6 nitrogen and oxygen atoms in total. The van der Waals surface area contributed by atoms with Crippen molar-refractivity contribution in [2.24, 2.45) is 0 Å². The first kappa shape index (κ1) is 31.5. The third kappa shape index (κ3) is 4.94. The Bertz CT molecular complexity index is 3450. The molecule has 0 saturated heterocycles. The second kappa shape index (κ2) is 12.3. The maximum atomic E-state index is 6.43. The summed E-state index contributed by atoms with van der Waals surface area (Å²) in [4.78, 5) is 15.0. The molecule has 12 aromatic rings. The van der Waals surface area contributed by atoms with Crippen LogP contribution in [0.4, 0.5) is 0 Å². The first-order chi connectivity index (χ1) is 28.2. The quantitative estimate of drug-likeness (QED) is 0.177. The number of hydrogen-bond donors (Lipinski definition) is 0. The smallest absolute Gasteiger partial charge is 0.164 e. The molecule has 0 aliphatic heterocycles. The average Bonchev–Trinajstić information content (AvgIpc) is 3.92. The lowest BCUT2D eigenvalue weighted by molar-refractivity contribution is 0.669. The van der Waals surface area contributed by atoms with E-state index < -0.39 is 0 Å². The molecule has 0 amide bonds. The summed E-state index contributed by atoms with van der Waals surface area (Å²) < 4.78 is 11.2. The summed E-state index contributed by atoms with van der Waals surface area (Å²) in [6.45, 7) is 0. The van der Waals surface area contributed by atoms with E-state index in [-0.39, 0.29) is 0 Å². The molecule has 0 radical (unpaired) electrons. The Labute approximate surface area is 326 Å². The first-order valence-corrected chi connectivity index (χ1v) is 19.1. The standard InChI is InChI=1S/C51H31N5O/c1-4-15-32(16-5-1)49-52-50(33-17-6-2-7-18-33)54-51(53-49)34-19-14-22-36(27-34)56-43-25-12-10-23-37(43)39-28-40-41-29-42-38-24-11-13-26-47(38)57-48(42)31-46(41)55(45(40)30-44(39)56)35-20-8-3-9-21-35/h1-31H. The number of fused-ring (bicyclic) bond motifs is 9. The fourth-order valence-electron chi connectivity index (χ4n) is 8.55. The minimum atomic E-state index is 0.619. The van der Waals surface area contributed by atoms with Gasteiger partial charge in [0.2, 0.25) is 0 Å². The molecule has 0 saturated carbocycles. The number of benzene rings is 8. The summed E-state index contributed by atoms with van der Waals surface area (Å²) in [5.41, 5.74) is 11.1. The van der Waals surface area contributed by atoms with Crippen molar-refractivity contribution in [2.75, 3.05) is 0 Å². The molecular formula is C51H31N5O. The summed E-state index contributed by atoms with van der Waals surface area (Å²) in [6, 6.07) is 65.6. The van der Waals surface area contributed by atoms with Crippen LogP contribution in [0.1, 0.15) is 0 Å². The van der Waals surface area contributed by atoms with E-state index in [4.69, 9.17) is 19.4 Å². The molecule has 8 aromatic carbocycles. The van der Waals surface area contributed by atoms with Crippen LogP contribution in [0.2, 0.25) is 0 Å². The zero-order valence-corrected chi connectivity index (χ0v) is 30.5. The Morgan fingerprint density at radius 1 is 0.298 bits per heavy atom. The van der Waals surface area contributed by atoms with Gasteiger partial charge in [0.1, 0.15) is 11.2 Å². The Balaban J connectivity index is 1.12. The van der Waals surface area contributed by atoms with E-state index in [2.05, 4.69) is 124 Å². The minimum absolute atomic E-state index is 0.619. The van der Waals surface area contributed by atoms with E-state index in [9.17, 15) is 0 Å². The van der Waals surface area contributed by atoms with Gasteiger partial charge in [-0.15, -0.1) is 0 Å². The van der Waals surface area contributed by atoms with Crippen LogP contribution in [0.3, 0.4) is 0 Å². The van der Waals surface area contributed by atoms with Gasteiger partial charge >= 0.3 is 0 Å². The van der Waals surface area contributed by atoms with Crippen LogP contribution in [0.5, 0.6) is 0 Å². The van der Waals surface area contributed by atoms with Gasteiger partial charge in [0.05, 0.1) is 22.1 Å².